The molecule has 31 heavy (non-hydrogen) atoms. The number of rotatable bonds is 10. The number of halogens is 2. The normalized spacial score (nSPS) is 13.1. The molecule has 6 heteroatoms. The molecule has 0 amide bonds. The van der Waals surface area contributed by atoms with Crippen molar-refractivity contribution in [2.75, 3.05) is 10.6 Å². The van der Waals surface area contributed by atoms with Crippen LogP contribution in [-0.2, 0) is 6.42 Å². The van der Waals surface area contributed by atoms with E-state index < -0.39 is 0 Å². The number of hydrogen-bond donors (Lipinski definition) is 2. The highest BCUT2D eigenvalue weighted by atomic mass is 79.9. The van der Waals surface area contributed by atoms with E-state index in [0.29, 0.717) is 6.04 Å². The molecule has 0 bridgehead atoms. The second-order valence-corrected chi connectivity index (χ2v) is 9.22. The van der Waals surface area contributed by atoms with E-state index in [0.717, 1.165) is 40.4 Å². The van der Waals surface area contributed by atoms with Crippen LogP contribution in [0.25, 0.3) is 0 Å². The van der Waals surface area contributed by atoms with Crippen molar-refractivity contribution in [3.63, 3.8) is 0 Å². The summed E-state index contributed by atoms with van der Waals surface area (Å²) >= 11 is 9.71. The van der Waals surface area contributed by atoms with E-state index in [1.165, 1.54) is 11.1 Å². The van der Waals surface area contributed by atoms with E-state index in [9.17, 15) is 0 Å². The Morgan fingerprint density at radius 1 is 0.935 bits per heavy atom. The first-order chi connectivity index (χ1) is 15.0. The predicted octanol–water partition coefficient (Wildman–Crippen LogP) is 7.32. The second-order valence-electron chi connectivity index (χ2n) is 7.87. The third kappa shape index (κ3) is 6.94. The maximum absolute atomic E-state index is 6.09. The Labute approximate surface area is 199 Å². The smallest absolute Gasteiger partial charge is 0.131 e. The Balaban J connectivity index is 1.81. The highest BCUT2D eigenvalue weighted by Gasteiger charge is 2.21. The number of benzene rings is 2. The van der Waals surface area contributed by atoms with Gasteiger partial charge in [-0.3, -0.25) is 0 Å². The van der Waals surface area contributed by atoms with Crippen LogP contribution in [0.5, 0.6) is 0 Å². The molecule has 0 saturated heterocycles. The summed E-state index contributed by atoms with van der Waals surface area (Å²) in [6.45, 7) is 6.57. The Kier molecular flexibility index (Phi) is 8.73. The number of hydrogen-bond acceptors (Lipinski definition) is 4. The van der Waals surface area contributed by atoms with Crippen LogP contribution in [-0.4, -0.2) is 22.1 Å². The first-order valence-electron chi connectivity index (χ1n) is 10.8. The lowest BCUT2D eigenvalue weighted by molar-refractivity contribution is 0.593. The summed E-state index contributed by atoms with van der Waals surface area (Å²) in [4.78, 5) is 8.85. The predicted molar refractivity (Wildman–Crippen MR) is 135 cm³/mol. The minimum atomic E-state index is 0.154. The zero-order valence-corrected chi connectivity index (χ0v) is 20.6. The largest absolute Gasteiger partial charge is 0.367 e. The van der Waals surface area contributed by atoms with Gasteiger partial charge in [0.1, 0.15) is 18.0 Å². The average molecular weight is 502 g/mol. The third-order valence-corrected chi connectivity index (χ3v) is 6.37. The molecule has 1 aromatic heterocycles. The second kappa shape index (κ2) is 11.5. The van der Waals surface area contributed by atoms with E-state index in [1.807, 2.05) is 18.2 Å². The standard InChI is InChI=1S/C25H30BrClN4/c1-4-22(5-2)31-25-15-24(28-16-29-25)30-17(3)23(19-7-6-8-20(26)14-19)13-18-9-11-21(27)12-10-18/h6-12,14-17,22-23H,4-5,13H2,1-3H3,(H2,28,29,30,31)/t17-,23+/m0/s1. The van der Waals surface area contributed by atoms with Gasteiger partial charge in [-0.1, -0.05) is 65.6 Å². The van der Waals surface area contributed by atoms with Crippen LogP contribution >= 0.6 is 27.5 Å². The molecule has 0 spiro atoms. The summed E-state index contributed by atoms with van der Waals surface area (Å²) in [5.41, 5.74) is 2.52. The van der Waals surface area contributed by atoms with Crippen LogP contribution in [0.3, 0.4) is 0 Å². The van der Waals surface area contributed by atoms with Gasteiger partial charge in [-0.15, -0.1) is 0 Å². The number of anilines is 2. The van der Waals surface area contributed by atoms with Gasteiger partial charge in [0.2, 0.25) is 0 Å². The molecule has 0 radical (unpaired) electrons. The van der Waals surface area contributed by atoms with Crippen molar-refractivity contribution in [2.24, 2.45) is 0 Å². The fourth-order valence-electron chi connectivity index (χ4n) is 3.75. The topological polar surface area (TPSA) is 49.8 Å². The Bertz CT molecular complexity index is 960. The van der Waals surface area contributed by atoms with Crippen LogP contribution in [0, 0.1) is 0 Å². The van der Waals surface area contributed by atoms with E-state index >= 15 is 0 Å². The molecule has 2 N–H and O–H groups in total. The molecule has 0 aliphatic rings. The van der Waals surface area contributed by atoms with Gasteiger partial charge < -0.3 is 10.6 Å². The summed E-state index contributed by atoms with van der Waals surface area (Å²) in [6, 6.07) is 19.2. The van der Waals surface area contributed by atoms with Crippen LogP contribution < -0.4 is 10.6 Å². The van der Waals surface area contributed by atoms with Gasteiger partial charge in [0.15, 0.2) is 0 Å². The first-order valence-corrected chi connectivity index (χ1v) is 12.0. The minimum Gasteiger partial charge on any atom is -0.367 e. The van der Waals surface area contributed by atoms with Gasteiger partial charge in [0, 0.05) is 33.6 Å². The van der Waals surface area contributed by atoms with Crippen molar-refractivity contribution in [3.8, 4) is 0 Å². The zero-order valence-electron chi connectivity index (χ0n) is 18.3. The van der Waals surface area contributed by atoms with Gasteiger partial charge in [0.25, 0.3) is 0 Å². The molecule has 164 valence electrons. The Morgan fingerprint density at radius 3 is 2.26 bits per heavy atom. The molecule has 0 aliphatic heterocycles. The number of nitrogens with zero attached hydrogens (tertiary/aromatic N) is 2. The van der Waals surface area contributed by atoms with Crippen molar-refractivity contribution < 1.29 is 0 Å². The molecule has 0 aliphatic carbocycles. The quantitative estimate of drug-likeness (QED) is 0.305. The van der Waals surface area contributed by atoms with Crippen molar-refractivity contribution in [2.45, 2.75) is 58.0 Å². The molecule has 3 aromatic rings. The molecule has 1 heterocycles. The maximum atomic E-state index is 6.09. The van der Waals surface area contributed by atoms with Crippen LogP contribution in [0.4, 0.5) is 11.6 Å². The summed E-state index contributed by atoms with van der Waals surface area (Å²) in [7, 11) is 0. The molecule has 4 nitrogen and oxygen atoms in total. The molecular formula is C25H30BrClN4. The monoisotopic (exact) mass is 500 g/mol. The molecule has 2 atom stereocenters. The van der Waals surface area contributed by atoms with Crippen LogP contribution in [0.1, 0.15) is 50.7 Å². The van der Waals surface area contributed by atoms with Gasteiger partial charge in [0.05, 0.1) is 0 Å². The highest BCUT2D eigenvalue weighted by molar-refractivity contribution is 9.10. The molecule has 2 aromatic carbocycles. The van der Waals surface area contributed by atoms with Crippen molar-refractivity contribution >= 4 is 39.2 Å². The van der Waals surface area contributed by atoms with Crippen molar-refractivity contribution in [3.05, 3.63) is 81.5 Å². The lowest BCUT2D eigenvalue weighted by Gasteiger charge is -2.27. The molecule has 0 saturated carbocycles. The fourth-order valence-corrected chi connectivity index (χ4v) is 4.29. The molecular weight excluding hydrogens is 472 g/mol. The molecule has 0 unspecified atom stereocenters. The molecule has 3 rings (SSSR count). The highest BCUT2D eigenvalue weighted by Crippen LogP contribution is 2.29. The van der Waals surface area contributed by atoms with Gasteiger partial charge >= 0.3 is 0 Å². The van der Waals surface area contributed by atoms with Crippen molar-refractivity contribution in [1.82, 2.24) is 9.97 Å². The molecule has 0 fully saturated rings. The maximum Gasteiger partial charge on any atom is 0.131 e. The zero-order chi connectivity index (χ0) is 22.2. The third-order valence-electron chi connectivity index (χ3n) is 5.63. The lowest BCUT2D eigenvalue weighted by atomic mass is 9.86. The van der Waals surface area contributed by atoms with E-state index in [2.05, 4.69) is 93.7 Å². The lowest BCUT2D eigenvalue weighted by Crippen LogP contribution is -2.27. The average Bonchev–Trinajstić information content (AvgIpc) is 2.77. The minimum absolute atomic E-state index is 0.154. The van der Waals surface area contributed by atoms with Gasteiger partial charge in [-0.05, 0) is 61.6 Å². The van der Waals surface area contributed by atoms with Gasteiger partial charge in [-0.25, -0.2) is 9.97 Å². The summed E-state index contributed by atoms with van der Waals surface area (Å²) in [6.07, 6.45) is 4.64. The van der Waals surface area contributed by atoms with E-state index in [4.69, 9.17) is 11.6 Å². The summed E-state index contributed by atoms with van der Waals surface area (Å²) < 4.78 is 1.08. The number of nitrogens with one attached hydrogen (secondary N) is 2. The SMILES string of the molecule is CCC(CC)Nc1cc(N[C@@H](C)[C@@H](Cc2ccc(Cl)cc2)c2cccc(Br)c2)ncn1. The Hall–Kier alpha value is -2.11. The summed E-state index contributed by atoms with van der Waals surface area (Å²) in [5, 5.41) is 7.86. The van der Waals surface area contributed by atoms with E-state index in [-0.39, 0.29) is 12.0 Å². The first kappa shape index (κ1) is 23.6. The van der Waals surface area contributed by atoms with Crippen LogP contribution in [0.2, 0.25) is 5.02 Å². The van der Waals surface area contributed by atoms with Gasteiger partial charge in [-0.2, -0.15) is 0 Å². The fraction of sp³-hybridized carbons (Fsp3) is 0.360. The Morgan fingerprint density at radius 2 is 1.61 bits per heavy atom. The number of aromatic nitrogens is 2. The summed E-state index contributed by atoms with van der Waals surface area (Å²) in [5.74, 6) is 1.94. The van der Waals surface area contributed by atoms with E-state index in [1.54, 1.807) is 6.33 Å². The van der Waals surface area contributed by atoms with Crippen LogP contribution in [0.15, 0.2) is 65.4 Å². The van der Waals surface area contributed by atoms with Crippen molar-refractivity contribution in [1.29, 1.82) is 0 Å².